The molecule has 0 fully saturated rings. The summed E-state index contributed by atoms with van der Waals surface area (Å²) in [4.78, 5) is 11.1. The van der Waals surface area contributed by atoms with E-state index in [1.807, 2.05) is 16.9 Å². The number of methoxy groups -OCH3 is 1. The van der Waals surface area contributed by atoms with Crippen molar-refractivity contribution in [3.63, 3.8) is 0 Å². The van der Waals surface area contributed by atoms with Gasteiger partial charge in [0, 0.05) is 18.9 Å². The zero-order valence-corrected chi connectivity index (χ0v) is 9.91. The number of hydrogen-bond donors (Lipinski definition) is 1. The maximum absolute atomic E-state index is 11.1. The minimum Gasteiger partial charge on any atom is -0.464 e. The first-order chi connectivity index (χ1) is 8.79. The van der Waals surface area contributed by atoms with Crippen LogP contribution in [0.3, 0.4) is 0 Å². The van der Waals surface area contributed by atoms with Gasteiger partial charge >= 0.3 is 5.97 Å². The SMILES string of the molecule is COC(=O)c1ccc(NCCn2cccn2)nn1. The Kier molecular flexibility index (Phi) is 3.85. The van der Waals surface area contributed by atoms with Gasteiger partial charge in [0.1, 0.15) is 5.82 Å². The van der Waals surface area contributed by atoms with Gasteiger partial charge in [-0.1, -0.05) is 0 Å². The van der Waals surface area contributed by atoms with Crippen molar-refractivity contribution >= 4 is 11.8 Å². The molecule has 0 amide bonds. The largest absolute Gasteiger partial charge is 0.464 e. The number of ether oxygens (including phenoxy) is 1. The van der Waals surface area contributed by atoms with Gasteiger partial charge in [-0.3, -0.25) is 4.68 Å². The Labute approximate surface area is 104 Å². The smallest absolute Gasteiger partial charge is 0.358 e. The molecule has 0 aromatic carbocycles. The third-order valence-corrected chi connectivity index (χ3v) is 2.27. The molecule has 0 aliphatic rings. The minimum absolute atomic E-state index is 0.190. The second-order valence-corrected chi connectivity index (χ2v) is 3.49. The molecule has 0 spiro atoms. The van der Waals surface area contributed by atoms with Crippen LogP contribution < -0.4 is 5.32 Å². The number of rotatable bonds is 5. The molecule has 2 aromatic rings. The number of carbonyl (C=O) groups excluding carboxylic acids is 1. The predicted octanol–water partition coefficient (Wildman–Crippen LogP) is 0.572. The van der Waals surface area contributed by atoms with Crippen molar-refractivity contribution in [3.8, 4) is 0 Å². The lowest BCUT2D eigenvalue weighted by molar-refractivity contribution is 0.0593. The monoisotopic (exact) mass is 247 g/mol. The van der Waals surface area contributed by atoms with Gasteiger partial charge in [0.25, 0.3) is 0 Å². The number of carbonyl (C=O) groups is 1. The summed E-state index contributed by atoms with van der Waals surface area (Å²) < 4.78 is 6.34. The minimum atomic E-state index is -0.495. The molecular weight excluding hydrogens is 234 g/mol. The molecule has 0 bridgehead atoms. The second-order valence-electron chi connectivity index (χ2n) is 3.49. The molecule has 0 saturated heterocycles. The summed E-state index contributed by atoms with van der Waals surface area (Å²) in [7, 11) is 1.31. The number of anilines is 1. The fourth-order valence-electron chi connectivity index (χ4n) is 1.37. The Hall–Kier alpha value is -2.44. The van der Waals surface area contributed by atoms with Crippen molar-refractivity contribution < 1.29 is 9.53 Å². The van der Waals surface area contributed by atoms with Gasteiger partial charge in [0.2, 0.25) is 0 Å². The Balaban J connectivity index is 1.85. The van der Waals surface area contributed by atoms with E-state index in [4.69, 9.17) is 0 Å². The van der Waals surface area contributed by atoms with E-state index in [1.54, 1.807) is 18.3 Å². The van der Waals surface area contributed by atoms with Gasteiger partial charge in [-0.25, -0.2) is 4.79 Å². The quantitative estimate of drug-likeness (QED) is 0.778. The van der Waals surface area contributed by atoms with Crippen molar-refractivity contribution in [1.29, 1.82) is 0 Å². The molecular formula is C11H13N5O2. The van der Waals surface area contributed by atoms with E-state index in [1.165, 1.54) is 7.11 Å². The molecule has 18 heavy (non-hydrogen) atoms. The Morgan fingerprint density at radius 3 is 2.94 bits per heavy atom. The third kappa shape index (κ3) is 3.03. The van der Waals surface area contributed by atoms with Gasteiger partial charge < -0.3 is 10.1 Å². The third-order valence-electron chi connectivity index (χ3n) is 2.27. The molecule has 7 nitrogen and oxygen atoms in total. The zero-order valence-electron chi connectivity index (χ0n) is 9.91. The van der Waals surface area contributed by atoms with Crippen LogP contribution in [-0.2, 0) is 11.3 Å². The molecule has 0 unspecified atom stereocenters. The van der Waals surface area contributed by atoms with Gasteiger partial charge in [-0.05, 0) is 18.2 Å². The van der Waals surface area contributed by atoms with E-state index >= 15 is 0 Å². The summed E-state index contributed by atoms with van der Waals surface area (Å²) in [6, 6.07) is 5.11. The first-order valence-electron chi connectivity index (χ1n) is 5.43. The van der Waals surface area contributed by atoms with Crippen LogP contribution >= 0.6 is 0 Å². The number of aromatic nitrogens is 4. The van der Waals surface area contributed by atoms with E-state index in [-0.39, 0.29) is 5.69 Å². The Morgan fingerprint density at radius 2 is 2.33 bits per heavy atom. The van der Waals surface area contributed by atoms with Crippen LogP contribution in [0.2, 0.25) is 0 Å². The fraction of sp³-hybridized carbons (Fsp3) is 0.273. The zero-order chi connectivity index (χ0) is 12.8. The molecule has 7 heteroatoms. The molecule has 2 aromatic heterocycles. The Morgan fingerprint density at radius 1 is 1.44 bits per heavy atom. The van der Waals surface area contributed by atoms with Crippen LogP contribution in [0.25, 0.3) is 0 Å². The summed E-state index contributed by atoms with van der Waals surface area (Å²) in [5, 5.41) is 14.8. The van der Waals surface area contributed by atoms with E-state index < -0.39 is 5.97 Å². The number of nitrogens with one attached hydrogen (secondary N) is 1. The highest BCUT2D eigenvalue weighted by atomic mass is 16.5. The second kappa shape index (κ2) is 5.76. The standard InChI is InChI=1S/C11H13N5O2/c1-18-11(17)9-3-4-10(15-14-9)12-6-8-16-7-2-5-13-16/h2-5,7H,6,8H2,1H3,(H,12,15). The lowest BCUT2D eigenvalue weighted by atomic mass is 10.4. The molecule has 0 aliphatic heterocycles. The van der Waals surface area contributed by atoms with Crippen molar-refractivity contribution in [1.82, 2.24) is 20.0 Å². The van der Waals surface area contributed by atoms with E-state index in [0.717, 1.165) is 6.54 Å². The van der Waals surface area contributed by atoms with E-state index in [9.17, 15) is 4.79 Å². The summed E-state index contributed by atoms with van der Waals surface area (Å²) in [5.74, 6) is 0.111. The maximum atomic E-state index is 11.1. The molecule has 1 N–H and O–H groups in total. The first-order valence-corrected chi connectivity index (χ1v) is 5.43. The molecule has 2 rings (SSSR count). The van der Waals surface area contributed by atoms with Crippen LogP contribution in [-0.4, -0.2) is 39.6 Å². The highest BCUT2D eigenvalue weighted by molar-refractivity contribution is 5.86. The van der Waals surface area contributed by atoms with Crippen molar-refractivity contribution in [2.75, 3.05) is 19.0 Å². The average molecular weight is 247 g/mol. The van der Waals surface area contributed by atoms with E-state index in [0.29, 0.717) is 12.4 Å². The predicted molar refractivity (Wildman–Crippen MR) is 64.1 cm³/mol. The van der Waals surface area contributed by atoms with Crippen LogP contribution in [0.5, 0.6) is 0 Å². The molecule has 0 atom stereocenters. The highest BCUT2D eigenvalue weighted by Crippen LogP contribution is 2.02. The van der Waals surface area contributed by atoms with Crippen LogP contribution in [0, 0.1) is 0 Å². The van der Waals surface area contributed by atoms with Crippen LogP contribution in [0.4, 0.5) is 5.82 Å². The first kappa shape index (κ1) is 12.0. The van der Waals surface area contributed by atoms with Gasteiger partial charge in [-0.2, -0.15) is 5.10 Å². The van der Waals surface area contributed by atoms with Gasteiger partial charge in [0.15, 0.2) is 5.69 Å². The molecule has 0 aliphatic carbocycles. The van der Waals surface area contributed by atoms with Gasteiger partial charge in [0.05, 0.1) is 13.7 Å². The summed E-state index contributed by atoms with van der Waals surface area (Å²) >= 11 is 0. The van der Waals surface area contributed by atoms with E-state index in [2.05, 4.69) is 25.3 Å². The summed E-state index contributed by atoms with van der Waals surface area (Å²) in [6.45, 7) is 1.40. The maximum Gasteiger partial charge on any atom is 0.358 e. The van der Waals surface area contributed by atoms with Crippen molar-refractivity contribution in [2.45, 2.75) is 6.54 Å². The van der Waals surface area contributed by atoms with Gasteiger partial charge in [-0.15, -0.1) is 10.2 Å². The summed E-state index contributed by atoms with van der Waals surface area (Å²) in [6.07, 6.45) is 3.61. The molecule has 0 radical (unpaired) electrons. The fourth-order valence-corrected chi connectivity index (χ4v) is 1.37. The normalized spacial score (nSPS) is 10.1. The Bertz CT molecular complexity index is 495. The molecule has 2 heterocycles. The van der Waals surface area contributed by atoms with Crippen LogP contribution in [0.15, 0.2) is 30.6 Å². The topological polar surface area (TPSA) is 81.9 Å². The molecule has 0 saturated carbocycles. The highest BCUT2D eigenvalue weighted by Gasteiger charge is 2.07. The van der Waals surface area contributed by atoms with Crippen LogP contribution in [0.1, 0.15) is 10.5 Å². The number of hydrogen-bond acceptors (Lipinski definition) is 6. The van der Waals surface area contributed by atoms with Crippen molar-refractivity contribution in [2.24, 2.45) is 0 Å². The number of esters is 1. The molecule has 94 valence electrons. The lowest BCUT2D eigenvalue weighted by Gasteiger charge is -2.05. The lowest BCUT2D eigenvalue weighted by Crippen LogP contribution is -2.13. The average Bonchev–Trinajstić information content (AvgIpc) is 2.92. The number of nitrogens with zero attached hydrogens (tertiary/aromatic N) is 4. The van der Waals surface area contributed by atoms with Crippen molar-refractivity contribution in [3.05, 3.63) is 36.3 Å². The summed E-state index contributed by atoms with van der Waals surface area (Å²) in [5.41, 5.74) is 0.190.